The number of likely N-dealkylation sites (N-methyl/N-ethyl adjacent to an activating group) is 1. The molecule has 0 rings (SSSR count). The molecule has 0 aliphatic heterocycles. The molecule has 0 unspecified atom stereocenters. The first-order valence-electron chi connectivity index (χ1n) is 5.97. The van der Waals surface area contributed by atoms with Gasteiger partial charge in [-0.05, 0) is 33.2 Å². The highest BCUT2D eigenvalue weighted by atomic mass is 16.6. The van der Waals surface area contributed by atoms with Crippen LogP contribution in [0, 0.1) is 0 Å². The molecule has 0 bridgehead atoms. The summed E-state index contributed by atoms with van der Waals surface area (Å²) >= 11 is 0. The summed E-state index contributed by atoms with van der Waals surface area (Å²) < 4.78 is 10.5. The summed E-state index contributed by atoms with van der Waals surface area (Å²) in [5, 5.41) is 3.34. The summed E-state index contributed by atoms with van der Waals surface area (Å²) in [6, 6.07) is 0. The van der Waals surface area contributed by atoms with Crippen LogP contribution in [0.25, 0.3) is 10.4 Å². The zero-order chi connectivity index (χ0) is 14.0. The van der Waals surface area contributed by atoms with Crippen molar-refractivity contribution >= 4 is 6.09 Å². The number of hydrogen-bond donors (Lipinski definition) is 0. The number of nitrogens with zero attached hydrogens (tertiary/aromatic N) is 4. The molecule has 0 spiro atoms. The third-order valence-corrected chi connectivity index (χ3v) is 1.94. The molecule has 7 nitrogen and oxygen atoms in total. The molecular formula is C11H22N4O3. The largest absolute Gasteiger partial charge is 0.444 e. The van der Waals surface area contributed by atoms with Gasteiger partial charge in [-0.2, -0.15) is 0 Å². The molecule has 7 heteroatoms. The van der Waals surface area contributed by atoms with Crippen molar-refractivity contribution < 1.29 is 14.3 Å². The predicted molar refractivity (Wildman–Crippen MR) is 68.3 cm³/mol. The summed E-state index contributed by atoms with van der Waals surface area (Å²) in [6.07, 6.45) is -0.344. The molecule has 0 aliphatic rings. The lowest BCUT2D eigenvalue weighted by Crippen LogP contribution is -2.38. The third kappa shape index (κ3) is 8.66. The van der Waals surface area contributed by atoms with Gasteiger partial charge in [-0.1, -0.05) is 5.11 Å². The normalized spacial score (nSPS) is 10.7. The van der Waals surface area contributed by atoms with E-state index in [1.54, 1.807) is 4.90 Å². The zero-order valence-electron chi connectivity index (χ0n) is 11.5. The number of hydrogen-bond acceptors (Lipinski definition) is 4. The van der Waals surface area contributed by atoms with Gasteiger partial charge in [0, 0.05) is 24.5 Å². The molecule has 0 radical (unpaired) electrons. The fraction of sp³-hybridized carbons (Fsp3) is 0.909. The van der Waals surface area contributed by atoms with Gasteiger partial charge in [-0.15, -0.1) is 0 Å². The fourth-order valence-electron chi connectivity index (χ4n) is 1.13. The van der Waals surface area contributed by atoms with Crippen LogP contribution in [0.5, 0.6) is 0 Å². The number of ether oxygens (including phenoxy) is 2. The number of azide groups is 1. The minimum atomic E-state index is -0.493. The van der Waals surface area contributed by atoms with Gasteiger partial charge in [0.2, 0.25) is 0 Å². The summed E-state index contributed by atoms with van der Waals surface area (Å²) in [4.78, 5) is 15.9. The van der Waals surface area contributed by atoms with E-state index in [0.717, 1.165) is 0 Å². The van der Waals surface area contributed by atoms with Crippen LogP contribution >= 0.6 is 0 Å². The lowest BCUT2D eigenvalue weighted by atomic mass is 10.2. The summed E-state index contributed by atoms with van der Waals surface area (Å²) in [5.41, 5.74) is 7.57. The van der Waals surface area contributed by atoms with Crippen LogP contribution in [0.4, 0.5) is 4.79 Å². The smallest absolute Gasteiger partial charge is 0.410 e. The molecule has 0 aliphatic carbocycles. The SMILES string of the molecule is CCN(CCOCCN=[N+]=[N-])C(=O)OC(C)(C)C. The van der Waals surface area contributed by atoms with Gasteiger partial charge in [-0.25, -0.2) is 4.79 Å². The first-order chi connectivity index (χ1) is 8.40. The van der Waals surface area contributed by atoms with Crippen LogP contribution in [0.1, 0.15) is 27.7 Å². The van der Waals surface area contributed by atoms with Crippen molar-refractivity contribution in [2.75, 3.05) is 32.8 Å². The quantitative estimate of drug-likeness (QED) is 0.304. The second-order valence-corrected chi connectivity index (χ2v) is 4.63. The Bertz CT molecular complexity index is 295. The molecule has 18 heavy (non-hydrogen) atoms. The summed E-state index contributed by atoms with van der Waals surface area (Å²) in [7, 11) is 0. The van der Waals surface area contributed by atoms with E-state index < -0.39 is 5.60 Å². The second-order valence-electron chi connectivity index (χ2n) is 4.63. The highest BCUT2D eigenvalue weighted by molar-refractivity contribution is 5.68. The Balaban J connectivity index is 3.89. The third-order valence-electron chi connectivity index (χ3n) is 1.94. The average molecular weight is 258 g/mol. The average Bonchev–Trinajstić information content (AvgIpc) is 2.25. The number of carbonyl (C=O) groups is 1. The minimum Gasteiger partial charge on any atom is -0.444 e. The van der Waals surface area contributed by atoms with Crippen molar-refractivity contribution in [3.05, 3.63) is 10.4 Å². The molecule has 0 N–H and O–H groups in total. The Morgan fingerprint density at radius 2 is 2.06 bits per heavy atom. The zero-order valence-corrected chi connectivity index (χ0v) is 11.5. The van der Waals surface area contributed by atoms with E-state index in [0.29, 0.717) is 32.8 Å². The molecule has 0 aromatic rings. The maximum atomic E-state index is 11.7. The van der Waals surface area contributed by atoms with E-state index in [1.165, 1.54) is 0 Å². The number of amides is 1. The predicted octanol–water partition coefficient (Wildman–Crippen LogP) is 2.57. The second kappa shape index (κ2) is 8.60. The standard InChI is InChI=1S/C11H22N4O3/c1-5-15(10(16)18-11(2,3)4)7-9-17-8-6-13-14-12/h5-9H2,1-4H3. The van der Waals surface area contributed by atoms with Crippen LogP contribution in [0.15, 0.2) is 5.11 Å². The Hall–Kier alpha value is -1.46. The van der Waals surface area contributed by atoms with Gasteiger partial charge < -0.3 is 14.4 Å². The molecule has 104 valence electrons. The molecule has 0 atom stereocenters. The first kappa shape index (κ1) is 16.5. The van der Waals surface area contributed by atoms with E-state index in [-0.39, 0.29) is 6.09 Å². The Morgan fingerprint density at radius 1 is 1.39 bits per heavy atom. The maximum absolute atomic E-state index is 11.7. The summed E-state index contributed by atoms with van der Waals surface area (Å²) in [5.74, 6) is 0. The van der Waals surface area contributed by atoms with Gasteiger partial charge in [-0.3, -0.25) is 0 Å². The van der Waals surface area contributed by atoms with Crippen molar-refractivity contribution in [1.29, 1.82) is 0 Å². The van der Waals surface area contributed by atoms with E-state index >= 15 is 0 Å². The van der Waals surface area contributed by atoms with Crippen LogP contribution < -0.4 is 0 Å². The Kier molecular flexibility index (Phi) is 7.91. The van der Waals surface area contributed by atoms with Gasteiger partial charge >= 0.3 is 6.09 Å². The van der Waals surface area contributed by atoms with Gasteiger partial charge in [0.1, 0.15) is 5.60 Å². The van der Waals surface area contributed by atoms with Gasteiger partial charge in [0.25, 0.3) is 0 Å². The number of rotatable bonds is 7. The van der Waals surface area contributed by atoms with Crippen molar-refractivity contribution in [3.8, 4) is 0 Å². The molecule has 0 heterocycles. The number of carbonyl (C=O) groups excluding carboxylic acids is 1. The molecular weight excluding hydrogens is 236 g/mol. The topological polar surface area (TPSA) is 87.5 Å². The van der Waals surface area contributed by atoms with Crippen molar-refractivity contribution in [3.63, 3.8) is 0 Å². The lowest BCUT2D eigenvalue weighted by Gasteiger charge is -2.26. The molecule has 1 amide bonds. The molecule has 0 saturated carbocycles. The van der Waals surface area contributed by atoms with Crippen LogP contribution in [-0.4, -0.2) is 49.4 Å². The van der Waals surface area contributed by atoms with Crippen LogP contribution in [0.2, 0.25) is 0 Å². The summed E-state index contributed by atoms with van der Waals surface area (Å²) in [6.45, 7) is 9.44. The van der Waals surface area contributed by atoms with Crippen molar-refractivity contribution in [1.82, 2.24) is 4.90 Å². The van der Waals surface area contributed by atoms with E-state index in [1.807, 2.05) is 27.7 Å². The van der Waals surface area contributed by atoms with Gasteiger partial charge in [0.15, 0.2) is 0 Å². The fourth-order valence-corrected chi connectivity index (χ4v) is 1.13. The van der Waals surface area contributed by atoms with Crippen molar-refractivity contribution in [2.45, 2.75) is 33.3 Å². The highest BCUT2D eigenvalue weighted by Gasteiger charge is 2.20. The monoisotopic (exact) mass is 258 g/mol. The Morgan fingerprint density at radius 3 is 2.56 bits per heavy atom. The maximum Gasteiger partial charge on any atom is 0.410 e. The van der Waals surface area contributed by atoms with Crippen LogP contribution in [0.3, 0.4) is 0 Å². The van der Waals surface area contributed by atoms with Gasteiger partial charge in [0.05, 0.1) is 13.2 Å². The molecule has 0 saturated heterocycles. The lowest BCUT2D eigenvalue weighted by molar-refractivity contribution is 0.0191. The molecule has 0 aromatic carbocycles. The van der Waals surface area contributed by atoms with E-state index in [2.05, 4.69) is 10.0 Å². The van der Waals surface area contributed by atoms with E-state index in [4.69, 9.17) is 15.0 Å². The first-order valence-corrected chi connectivity index (χ1v) is 5.97. The highest BCUT2D eigenvalue weighted by Crippen LogP contribution is 2.09. The molecule has 0 fully saturated rings. The molecule has 0 aromatic heterocycles. The van der Waals surface area contributed by atoms with Crippen molar-refractivity contribution in [2.24, 2.45) is 5.11 Å². The Labute approximate surface area is 108 Å². The minimum absolute atomic E-state index is 0.301. The van der Waals surface area contributed by atoms with E-state index in [9.17, 15) is 4.79 Å². The van der Waals surface area contributed by atoms with Crippen LogP contribution in [-0.2, 0) is 9.47 Å².